The minimum Gasteiger partial charge on any atom is -0.295 e. The van der Waals surface area contributed by atoms with Crippen LogP contribution in [0.5, 0.6) is 0 Å². The number of ketones is 1. The fourth-order valence-corrected chi connectivity index (χ4v) is 3.18. The van der Waals surface area contributed by atoms with Gasteiger partial charge in [-0.1, -0.05) is 28.1 Å². The lowest BCUT2D eigenvalue weighted by atomic mass is 10.1. The average molecular weight is 368 g/mol. The van der Waals surface area contributed by atoms with Crippen molar-refractivity contribution in [2.24, 2.45) is 0 Å². The fraction of sp³-hybridized carbons (Fsp3) is 0.133. The van der Waals surface area contributed by atoms with E-state index in [-0.39, 0.29) is 10.7 Å². The number of nitrogens with one attached hydrogen (secondary N) is 1. The van der Waals surface area contributed by atoms with Crippen molar-refractivity contribution in [1.82, 2.24) is 0 Å². The Balaban J connectivity index is 2.35. The van der Waals surface area contributed by atoms with E-state index in [9.17, 15) is 13.2 Å². The quantitative estimate of drug-likeness (QED) is 0.836. The number of benzene rings is 2. The van der Waals surface area contributed by atoms with Gasteiger partial charge in [0, 0.05) is 15.7 Å². The lowest BCUT2D eigenvalue weighted by Gasteiger charge is -2.10. The molecular formula is C15H14BrNO3S. The van der Waals surface area contributed by atoms with Crippen LogP contribution in [0.15, 0.2) is 51.8 Å². The Morgan fingerprint density at radius 3 is 2.48 bits per heavy atom. The van der Waals surface area contributed by atoms with Crippen molar-refractivity contribution in [1.29, 1.82) is 0 Å². The molecule has 2 aromatic rings. The van der Waals surface area contributed by atoms with Crippen LogP contribution in [0.1, 0.15) is 22.8 Å². The highest BCUT2D eigenvalue weighted by Gasteiger charge is 2.15. The summed E-state index contributed by atoms with van der Waals surface area (Å²) < 4.78 is 28.0. The molecule has 2 aromatic carbocycles. The first kappa shape index (κ1) is 15.7. The van der Waals surface area contributed by atoms with Gasteiger partial charge in [-0.05, 0) is 49.7 Å². The molecule has 0 aliphatic carbocycles. The van der Waals surface area contributed by atoms with Crippen LogP contribution in [0.3, 0.4) is 0 Å². The molecule has 0 spiro atoms. The second kappa shape index (κ2) is 5.99. The monoisotopic (exact) mass is 367 g/mol. The molecule has 0 radical (unpaired) electrons. The Hall–Kier alpha value is -1.66. The first-order chi connectivity index (χ1) is 9.79. The molecule has 2 rings (SSSR count). The number of carbonyl (C=O) groups excluding carboxylic acids is 1. The molecule has 0 saturated carbocycles. The molecular weight excluding hydrogens is 354 g/mol. The van der Waals surface area contributed by atoms with Crippen molar-refractivity contribution in [2.75, 3.05) is 4.72 Å². The van der Waals surface area contributed by atoms with Crippen LogP contribution in [0, 0.1) is 6.92 Å². The number of anilines is 1. The van der Waals surface area contributed by atoms with Crippen LogP contribution in [-0.4, -0.2) is 14.2 Å². The summed E-state index contributed by atoms with van der Waals surface area (Å²) in [5.74, 6) is -0.115. The molecule has 0 aliphatic heterocycles. The Bertz CT molecular complexity index is 800. The maximum absolute atomic E-state index is 12.3. The molecule has 0 atom stereocenters. The van der Waals surface area contributed by atoms with Crippen molar-refractivity contribution in [3.63, 3.8) is 0 Å². The van der Waals surface area contributed by atoms with E-state index in [0.29, 0.717) is 11.3 Å². The molecule has 0 heterocycles. The third kappa shape index (κ3) is 3.71. The molecule has 110 valence electrons. The Morgan fingerprint density at radius 1 is 1.14 bits per heavy atom. The number of aryl methyl sites for hydroxylation is 1. The van der Waals surface area contributed by atoms with Crippen LogP contribution >= 0.6 is 15.9 Å². The predicted octanol–water partition coefficient (Wildman–Crippen LogP) is 3.76. The maximum atomic E-state index is 12.3. The standard InChI is InChI=1S/C15H14BrNO3S/c1-10-8-14(6-7-15(10)16)21(19,20)17-13-5-3-4-12(9-13)11(2)18/h3-9,17H,1-2H3. The molecule has 0 unspecified atom stereocenters. The molecule has 21 heavy (non-hydrogen) atoms. The van der Waals surface area contributed by atoms with Gasteiger partial charge in [0.25, 0.3) is 10.0 Å². The van der Waals surface area contributed by atoms with Crippen molar-refractivity contribution in [3.05, 3.63) is 58.1 Å². The van der Waals surface area contributed by atoms with E-state index in [0.717, 1.165) is 10.0 Å². The third-order valence-corrected chi connectivity index (χ3v) is 5.23. The highest BCUT2D eigenvalue weighted by molar-refractivity contribution is 9.10. The van der Waals surface area contributed by atoms with E-state index in [2.05, 4.69) is 20.7 Å². The van der Waals surface area contributed by atoms with Crippen LogP contribution in [-0.2, 0) is 10.0 Å². The maximum Gasteiger partial charge on any atom is 0.261 e. The Morgan fingerprint density at radius 2 is 1.86 bits per heavy atom. The molecule has 1 N–H and O–H groups in total. The summed E-state index contributed by atoms with van der Waals surface area (Å²) in [5.41, 5.74) is 1.65. The Labute approximate surface area is 132 Å². The highest BCUT2D eigenvalue weighted by Crippen LogP contribution is 2.22. The minimum atomic E-state index is -3.68. The molecule has 6 heteroatoms. The number of carbonyl (C=O) groups is 1. The van der Waals surface area contributed by atoms with Crippen molar-refractivity contribution < 1.29 is 13.2 Å². The SMILES string of the molecule is CC(=O)c1cccc(NS(=O)(=O)c2ccc(Br)c(C)c2)c1. The largest absolute Gasteiger partial charge is 0.295 e. The van der Waals surface area contributed by atoms with Gasteiger partial charge in [0.05, 0.1) is 4.90 Å². The topological polar surface area (TPSA) is 63.2 Å². The highest BCUT2D eigenvalue weighted by atomic mass is 79.9. The van der Waals surface area contributed by atoms with Crippen LogP contribution in [0.4, 0.5) is 5.69 Å². The summed E-state index contributed by atoms with van der Waals surface area (Å²) in [6.45, 7) is 3.26. The van der Waals surface area contributed by atoms with Gasteiger partial charge >= 0.3 is 0 Å². The van der Waals surface area contributed by atoms with Gasteiger partial charge in [-0.2, -0.15) is 0 Å². The minimum absolute atomic E-state index is 0.115. The second-order valence-electron chi connectivity index (χ2n) is 4.65. The van der Waals surface area contributed by atoms with Gasteiger partial charge in [-0.3, -0.25) is 9.52 Å². The van der Waals surface area contributed by atoms with Gasteiger partial charge in [0.2, 0.25) is 0 Å². The zero-order valence-corrected chi connectivity index (χ0v) is 14.0. The summed E-state index contributed by atoms with van der Waals surface area (Å²) >= 11 is 3.34. The van der Waals surface area contributed by atoms with Gasteiger partial charge < -0.3 is 0 Å². The normalized spacial score (nSPS) is 11.2. The lowest BCUT2D eigenvalue weighted by Crippen LogP contribution is -2.13. The lowest BCUT2D eigenvalue weighted by molar-refractivity contribution is 0.101. The third-order valence-electron chi connectivity index (χ3n) is 2.96. The van der Waals surface area contributed by atoms with Gasteiger partial charge in [-0.15, -0.1) is 0 Å². The van der Waals surface area contributed by atoms with Crippen molar-refractivity contribution in [3.8, 4) is 0 Å². The van der Waals surface area contributed by atoms with E-state index >= 15 is 0 Å². The number of rotatable bonds is 4. The number of sulfonamides is 1. The van der Waals surface area contributed by atoms with E-state index in [1.54, 1.807) is 30.3 Å². The first-order valence-electron chi connectivity index (χ1n) is 6.19. The van der Waals surface area contributed by atoms with Crippen molar-refractivity contribution in [2.45, 2.75) is 18.7 Å². The number of hydrogen-bond acceptors (Lipinski definition) is 3. The number of halogens is 1. The summed E-state index contributed by atoms with van der Waals surface area (Å²) in [5, 5.41) is 0. The second-order valence-corrected chi connectivity index (χ2v) is 7.19. The van der Waals surface area contributed by atoms with E-state index < -0.39 is 10.0 Å². The summed E-state index contributed by atoms with van der Waals surface area (Å²) in [4.78, 5) is 11.5. The molecule has 0 saturated heterocycles. The summed E-state index contributed by atoms with van der Waals surface area (Å²) in [6, 6.07) is 11.2. The van der Waals surface area contributed by atoms with Gasteiger partial charge in [0.1, 0.15) is 0 Å². The fourth-order valence-electron chi connectivity index (χ4n) is 1.80. The summed E-state index contributed by atoms with van der Waals surface area (Å²) in [7, 11) is -3.68. The predicted molar refractivity (Wildman–Crippen MR) is 86.1 cm³/mol. The average Bonchev–Trinajstić information content (AvgIpc) is 2.41. The van der Waals surface area contributed by atoms with E-state index in [1.807, 2.05) is 6.92 Å². The van der Waals surface area contributed by atoms with E-state index in [4.69, 9.17) is 0 Å². The van der Waals surface area contributed by atoms with Crippen molar-refractivity contribution >= 4 is 37.4 Å². The molecule has 0 aliphatic rings. The number of Topliss-reactive ketones (excluding diaryl/α,β-unsaturated/α-hetero) is 1. The molecule has 4 nitrogen and oxygen atoms in total. The van der Waals surface area contributed by atoms with Crippen LogP contribution < -0.4 is 4.72 Å². The summed E-state index contributed by atoms with van der Waals surface area (Å²) in [6.07, 6.45) is 0. The van der Waals surface area contributed by atoms with Crippen LogP contribution in [0.25, 0.3) is 0 Å². The molecule has 0 fully saturated rings. The van der Waals surface area contributed by atoms with E-state index in [1.165, 1.54) is 19.1 Å². The first-order valence-corrected chi connectivity index (χ1v) is 8.47. The van der Waals surface area contributed by atoms with Gasteiger partial charge in [-0.25, -0.2) is 8.42 Å². The zero-order valence-electron chi connectivity index (χ0n) is 11.6. The molecule has 0 bridgehead atoms. The Kier molecular flexibility index (Phi) is 4.49. The zero-order chi connectivity index (χ0) is 15.6. The molecule has 0 aromatic heterocycles. The molecule has 0 amide bonds. The van der Waals surface area contributed by atoms with Crippen LogP contribution in [0.2, 0.25) is 0 Å². The smallest absolute Gasteiger partial charge is 0.261 e. The van der Waals surface area contributed by atoms with Gasteiger partial charge in [0.15, 0.2) is 5.78 Å². The number of hydrogen-bond donors (Lipinski definition) is 1.